The van der Waals surface area contributed by atoms with E-state index in [1.807, 2.05) is 13.0 Å². The highest BCUT2D eigenvalue weighted by atomic mass is 16.6. The summed E-state index contributed by atoms with van der Waals surface area (Å²) in [5.74, 6) is -0.173. The third-order valence-electron chi connectivity index (χ3n) is 3.22. The molecule has 0 bridgehead atoms. The van der Waals surface area contributed by atoms with E-state index in [4.69, 9.17) is 14.2 Å². The lowest BCUT2D eigenvalue weighted by molar-refractivity contribution is 0.0597. The molecule has 1 aliphatic rings. The minimum Gasteiger partial charge on any atom is -0.488 e. The molecule has 0 aliphatic carbocycles. The molecule has 0 aromatic heterocycles. The van der Waals surface area contributed by atoms with Gasteiger partial charge in [-0.3, -0.25) is 5.32 Å². The molecule has 124 valence electrons. The first kappa shape index (κ1) is 16.9. The molecule has 1 heterocycles. The topological polar surface area (TPSA) is 73.9 Å². The molecule has 1 amide bonds. The van der Waals surface area contributed by atoms with Crippen molar-refractivity contribution in [1.82, 2.24) is 0 Å². The summed E-state index contributed by atoms with van der Waals surface area (Å²) < 4.78 is 15.7. The van der Waals surface area contributed by atoms with Crippen molar-refractivity contribution in [3.8, 4) is 5.75 Å². The van der Waals surface area contributed by atoms with Crippen molar-refractivity contribution in [3.05, 3.63) is 29.3 Å². The largest absolute Gasteiger partial charge is 0.488 e. The Labute approximate surface area is 135 Å². The number of allylic oxidation sites excluding steroid dienone is 1. The van der Waals surface area contributed by atoms with E-state index < -0.39 is 17.7 Å². The third-order valence-corrected chi connectivity index (χ3v) is 3.22. The monoisotopic (exact) mass is 319 g/mol. The van der Waals surface area contributed by atoms with Crippen molar-refractivity contribution in [2.75, 3.05) is 19.0 Å². The average Bonchev–Trinajstić information content (AvgIpc) is 2.44. The van der Waals surface area contributed by atoms with Crippen LogP contribution in [-0.2, 0) is 9.47 Å². The molecule has 0 fully saturated rings. The first-order chi connectivity index (χ1) is 10.7. The number of hydrogen-bond acceptors (Lipinski definition) is 5. The van der Waals surface area contributed by atoms with Gasteiger partial charge in [0.1, 0.15) is 23.5 Å². The van der Waals surface area contributed by atoms with Gasteiger partial charge in [-0.05, 0) is 51.5 Å². The number of amides is 1. The number of carbonyl (C=O) groups is 2. The minimum absolute atomic E-state index is 0.184. The predicted octanol–water partition coefficient (Wildman–Crippen LogP) is 3.62. The zero-order valence-electron chi connectivity index (χ0n) is 14.0. The van der Waals surface area contributed by atoms with E-state index in [1.165, 1.54) is 7.11 Å². The minimum atomic E-state index is -0.648. The maximum absolute atomic E-state index is 12.2. The second-order valence-electron chi connectivity index (χ2n) is 6.18. The molecule has 2 rings (SSSR count). The van der Waals surface area contributed by atoms with E-state index in [2.05, 4.69) is 5.32 Å². The van der Waals surface area contributed by atoms with Crippen LogP contribution in [0.1, 0.15) is 43.6 Å². The van der Waals surface area contributed by atoms with Crippen LogP contribution in [0, 0.1) is 0 Å². The number of anilines is 1. The van der Waals surface area contributed by atoms with Crippen molar-refractivity contribution < 1.29 is 23.8 Å². The highest BCUT2D eigenvalue weighted by molar-refractivity contribution is 6.04. The summed E-state index contributed by atoms with van der Waals surface area (Å²) in [5, 5.41) is 2.59. The van der Waals surface area contributed by atoms with Crippen molar-refractivity contribution >= 4 is 23.3 Å². The van der Waals surface area contributed by atoms with Crippen molar-refractivity contribution in [3.63, 3.8) is 0 Å². The zero-order valence-corrected chi connectivity index (χ0v) is 14.0. The fourth-order valence-electron chi connectivity index (χ4n) is 2.23. The molecule has 1 aromatic rings. The number of esters is 1. The molecular formula is C17H21NO5. The summed E-state index contributed by atoms with van der Waals surface area (Å²) in [5.41, 5.74) is 1.63. The SMILES string of the molecule is COC(=O)c1c(NC(=O)OC(C)(C)C)ccc2c1OCC=C2C. The summed E-state index contributed by atoms with van der Waals surface area (Å²) in [7, 11) is 1.28. The van der Waals surface area contributed by atoms with Gasteiger partial charge in [-0.15, -0.1) is 0 Å². The van der Waals surface area contributed by atoms with Crippen molar-refractivity contribution in [1.29, 1.82) is 0 Å². The van der Waals surface area contributed by atoms with E-state index in [1.54, 1.807) is 32.9 Å². The maximum Gasteiger partial charge on any atom is 0.412 e. The van der Waals surface area contributed by atoms with Crippen LogP contribution in [0.15, 0.2) is 18.2 Å². The van der Waals surface area contributed by atoms with Crippen LogP contribution in [0.3, 0.4) is 0 Å². The number of rotatable bonds is 2. The lowest BCUT2D eigenvalue weighted by atomic mass is 9.99. The molecule has 23 heavy (non-hydrogen) atoms. The molecule has 6 nitrogen and oxygen atoms in total. The standard InChI is InChI=1S/C17H21NO5/c1-10-8-9-22-14-11(10)6-7-12(13(14)15(19)21-5)18-16(20)23-17(2,3)4/h6-8H,9H2,1-5H3,(H,18,20). The third kappa shape index (κ3) is 3.83. The quantitative estimate of drug-likeness (QED) is 0.843. The first-order valence-corrected chi connectivity index (χ1v) is 7.28. The van der Waals surface area contributed by atoms with Crippen molar-refractivity contribution in [2.24, 2.45) is 0 Å². The molecule has 6 heteroatoms. The molecule has 1 aliphatic heterocycles. The molecule has 0 saturated carbocycles. The Hall–Kier alpha value is -2.50. The van der Waals surface area contributed by atoms with Gasteiger partial charge in [0, 0.05) is 5.56 Å². The molecule has 0 atom stereocenters. The molecule has 0 saturated heterocycles. The Balaban J connectivity index is 2.42. The fourth-order valence-corrected chi connectivity index (χ4v) is 2.23. The predicted molar refractivity (Wildman–Crippen MR) is 86.8 cm³/mol. The number of ether oxygens (including phenoxy) is 3. The average molecular weight is 319 g/mol. The van der Waals surface area contributed by atoms with Gasteiger partial charge in [0.25, 0.3) is 0 Å². The van der Waals surface area contributed by atoms with Gasteiger partial charge >= 0.3 is 12.1 Å². The number of methoxy groups -OCH3 is 1. The highest BCUT2D eigenvalue weighted by Gasteiger charge is 2.26. The second kappa shape index (κ2) is 6.32. The molecule has 0 unspecified atom stereocenters. The van der Waals surface area contributed by atoms with E-state index in [9.17, 15) is 9.59 Å². The fraction of sp³-hybridized carbons (Fsp3) is 0.412. The normalized spacial score (nSPS) is 13.3. The summed E-state index contributed by atoms with van der Waals surface area (Å²) in [4.78, 5) is 24.2. The van der Waals surface area contributed by atoms with Gasteiger partial charge in [0.05, 0.1) is 12.8 Å². The van der Waals surface area contributed by atoms with Gasteiger partial charge in [0.2, 0.25) is 0 Å². The number of nitrogens with one attached hydrogen (secondary N) is 1. The molecule has 0 spiro atoms. The zero-order chi connectivity index (χ0) is 17.2. The Morgan fingerprint density at radius 3 is 2.57 bits per heavy atom. The highest BCUT2D eigenvalue weighted by Crippen LogP contribution is 2.37. The van der Waals surface area contributed by atoms with E-state index in [0.717, 1.165) is 11.1 Å². The summed E-state index contributed by atoms with van der Waals surface area (Å²) in [6.45, 7) is 7.58. The van der Waals surface area contributed by atoms with Crippen LogP contribution in [0.2, 0.25) is 0 Å². The Morgan fingerprint density at radius 1 is 1.26 bits per heavy atom. The van der Waals surface area contributed by atoms with E-state index >= 15 is 0 Å². The van der Waals surface area contributed by atoms with Crippen LogP contribution in [0.25, 0.3) is 5.57 Å². The van der Waals surface area contributed by atoms with Crippen molar-refractivity contribution in [2.45, 2.75) is 33.3 Å². The van der Waals surface area contributed by atoms with Gasteiger partial charge in [-0.1, -0.05) is 0 Å². The Morgan fingerprint density at radius 2 is 1.96 bits per heavy atom. The van der Waals surface area contributed by atoms with Crippen LogP contribution in [-0.4, -0.2) is 31.4 Å². The number of hydrogen-bond donors (Lipinski definition) is 1. The lowest BCUT2D eigenvalue weighted by Crippen LogP contribution is -2.28. The number of carbonyl (C=O) groups excluding carboxylic acids is 2. The smallest absolute Gasteiger partial charge is 0.412 e. The Bertz CT molecular complexity index is 670. The number of fused-ring (bicyclic) bond motifs is 1. The van der Waals surface area contributed by atoms with Gasteiger partial charge in [-0.25, -0.2) is 9.59 Å². The molecule has 0 radical (unpaired) electrons. The Kier molecular flexibility index (Phi) is 4.63. The van der Waals surface area contributed by atoms with Crippen LogP contribution >= 0.6 is 0 Å². The van der Waals surface area contributed by atoms with E-state index in [0.29, 0.717) is 18.0 Å². The van der Waals surface area contributed by atoms with Crippen LogP contribution in [0.5, 0.6) is 5.75 Å². The second-order valence-corrected chi connectivity index (χ2v) is 6.18. The maximum atomic E-state index is 12.2. The molecular weight excluding hydrogens is 298 g/mol. The van der Waals surface area contributed by atoms with Gasteiger partial charge in [-0.2, -0.15) is 0 Å². The lowest BCUT2D eigenvalue weighted by Gasteiger charge is -2.23. The van der Waals surface area contributed by atoms with Crippen LogP contribution < -0.4 is 10.1 Å². The number of benzene rings is 1. The van der Waals surface area contributed by atoms with Gasteiger partial charge < -0.3 is 14.2 Å². The summed E-state index contributed by atoms with van der Waals surface area (Å²) in [6.07, 6.45) is 1.27. The summed E-state index contributed by atoms with van der Waals surface area (Å²) >= 11 is 0. The van der Waals surface area contributed by atoms with Crippen LogP contribution in [0.4, 0.5) is 10.5 Å². The first-order valence-electron chi connectivity index (χ1n) is 7.28. The summed E-state index contributed by atoms with van der Waals surface area (Å²) in [6, 6.07) is 3.43. The molecule has 1 N–H and O–H groups in total. The van der Waals surface area contributed by atoms with Gasteiger partial charge in [0.15, 0.2) is 0 Å². The molecule has 1 aromatic carbocycles. The van der Waals surface area contributed by atoms with E-state index in [-0.39, 0.29) is 5.56 Å².